The average molecular weight is 383 g/mol. The van der Waals surface area contributed by atoms with Crippen LogP contribution in [0.5, 0.6) is 5.75 Å². The summed E-state index contributed by atoms with van der Waals surface area (Å²) in [5.41, 5.74) is 2.86. The summed E-state index contributed by atoms with van der Waals surface area (Å²) in [5.74, 6) is 1.64. The summed E-state index contributed by atoms with van der Waals surface area (Å²) in [6.07, 6.45) is 3.38. The Hall–Kier alpha value is -2.57. The van der Waals surface area contributed by atoms with Crippen LogP contribution < -0.4 is 4.74 Å². The van der Waals surface area contributed by atoms with Gasteiger partial charge in [-0.15, -0.1) is 11.8 Å². The van der Waals surface area contributed by atoms with Crippen LogP contribution in [0.1, 0.15) is 5.56 Å². The van der Waals surface area contributed by atoms with Gasteiger partial charge in [0.2, 0.25) is 0 Å². The Labute approximate surface area is 160 Å². The summed E-state index contributed by atoms with van der Waals surface area (Å²) in [6.45, 7) is 0. The van der Waals surface area contributed by atoms with E-state index in [0.717, 1.165) is 33.2 Å². The van der Waals surface area contributed by atoms with Crippen molar-refractivity contribution in [2.45, 2.75) is 10.8 Å². The number of ether oxygens (including phenoxy) is 1. The van der Waals surface area contributed by atoms with Gasteiger partial charge in [-0.1, -0.05) is 23.7 Å². The normalized spacial score (nSPS) is 11.0. The molecule has 0 aliphatic carbocycles. The SMILES string of the molecule is COc1cccc(CSc2ncnc3c2cnn3-c2ccc(Cl)cc2)c1. The smallest absolute Gasteiger partial charge is 0.167 e. The minimum absolute atomic E-state index is 0.689. The first-order valence-electron chi connectivity index (χ1n) is 7.95. The summed E-state index contributed by atoms with van der Waals surface area (Å²) in [4.78, 5) is 8.84. The quantitative estimate of drug-likeness (QED) is 0.367. The van der Waals surface area contributed by atoms with Gasteiger partial charge in [-0.3, -0.25) is 0 Å². The van der Waals surface area contributed by atoms with E-state index in [9.17, 15) is 0 Å². The molecule has 5 nitrogen and oxygen atoms in total. The van der Waals surface area contributed by atoms with E-state index in [1.807, 2.05) is 42.5 Å². The molecule has 0 spiro atoms. The minimum Gasteiger partial charge on any atom is -0.497 e. The first kappa shape index (κ1) is 16.9. The Kier molecular flexibility index (Phi) is 4.77. The zero-order valence-corrected chi connectivity index (χ0v) is 15.5. The lowest BCUT2D eigenvalue weighted by atomic mass is 10.2. The van der Waals surface area contributed by atoms with Gasteiger partial charge in [0.05, 0.1) is 24.4 Å². The van der Waals surface area contributed by atoms with Crippen molar-refractivity contribution >= 4 is 34.4 Å². The number of halogens is 1. The Morgan fingerprint density at radius 1 is 1.12 bits per heavy atom. The highest BCUT2D eigenvalue weighted by atomic mass is 35.5. The van der Waals surface area contributed by atoms with Crippen LogP contribution in [-0.4, -0.2) is 26.9 Å². The van der Waals surface area contributed by atoms with Gasteiger partial charge < -0.3 is 4.74 Å². The molecular formula is C19H15ClN4OS. The van der Waals surface area contributed by atoms with Crippen molar-refractivity contribution in [1.29, 1.82) is 0 Å². The molecule has 26 heavy (non-hydrogen) atoms. The Morgan fingerprint density at radius 3 is 2.77 bits per heavy atom. The lowest BCUT2D eigenvalue weighted by Gasteiger charge is -2.06. The molecule has 0 bridgehead atoms. The molecule has 0 fully saturated rings. The van der Waals surface area contributed by atoms with Crippen LogP contribution >= 0.6 is 23.4 Å². The Morgan fingerprint density at radius 2 is 1.96 bits per heavy atom. The van der Waals surface area contributed by atoms with E-state index in [1.165, 1.54) is 5.56 Å². The summed E-state index contributed by atoms with van der Waals surface area (Å²) in [6, 6.07) is 15.5. The number of hydrogen-bond donors (Lipinski definition) is 0. The van der Waals surface area contributed by atoms with Crippen molar-refractivity contribution in [1.82, 2.24) is 19.7 Å². The summed E-state index contributed by atoms with van der Waals surface area (Å²) in [5, 5.41) is 6.99. The lowest BCUT2D eigenvalue weighted by molar-refractivity contribution is 0.414. The fourth-order valence-electron chi connectivity index (χ4n) is 2.62. The number of benzene rings is 2. The van der Waals surface area contributed by atoms with E-state index in [0.29, 0.717) is 5.02 Å². The van der Waals surface area contributed by atoms with E-state index < -0.39 is 0 Å². The average Bonchev–Trinajstić information content (AvgIpc) is 3.12. The lowest BCUT2D eigenvalue weighted by Crippen LogP contribution is -1.97. The van der Waals surface area contributed by atoms with E-state index in [-0.39, 0.29) is 0 Å². The van der Waals surface area contributed by atoms with Crippen LogP contribution in [0.25, 0.3) is 16.7 Å². The maximum absolute atomic E-state index is 5.97. The van der Waals surface area contributed by atoms with E-state index in [4.69, 9.17) is 16.3 Å². The fraction of sp³-hybridized carbons (Fsp3) is 0.105. The predicted octanol–water partition coefficient (Wildman–Crippen LogP) is 4.77. The molecule has 4 rings (SSSR count). The second kappa shape index (κ2) is 7.35. The monoisotopic (exact) mass is 382 g/mol. The number of hydrogen-bond acceptors (Lipinski definition) is 5. The summed E-state index contributed by atoms with van der Waals surface area (Å²) < 4.78 is 7.07. The number of nitrogens with zero attached hydrogens (tertiary/aromatic N) is 4. The number of methoxy groups -OCH3 is 1. The van der Waals surface area contributed by atoms with Crippen LogP contribution in [-0.2, 0) is 5.75 Å². The molecular weight excluding hydrogens is 368 g/mol. The van der Waals surface area contributed by atoms with Crippen molar-refractivity contribution < 1.29 is 4.74 Å². The molecule has 0 aliphatic rings. The van der Waals surface area contributed by atoms with Gasteiger partial charge in [0.25, 0.3) is 0 Å². The van der Waals surface area contributed by atoms with Crippen LogP contribution in [0.2, 0.25) is 5.02 Å². The molecule has 2 aromatic carbocycles. The number of thioether (sulfide) groups is 1. The van der Waals surface area contributed by atoms with Crippen LogP contribution in [0.15, 0.2) is 66.1 Å². The third-order valence-corrected chi connectivity index (χ3v) is 5.24. The van der Waals surface area contributed by atoms with Gasteiger partial charge in [-0.05, 0) is 42.0 Å². The van der Waals surface area contributed by atoms with Gasteiger partial charge in [-0.25, -0.2) is 14.6 Å². The molecule has 0 N–H and O–H groups in total. The molecule has 4 aromatic rings. The third kappa shape index (κ3) is 3.38. The minimum atomic E-state index is 0.689. The third-order valence-electron chi connectivity index (χ3n) is 3.91. The number of aromatic nitrogens is 4. The van der Waals surface area contributed by atoms with Gasteiger partial charge >= 0.3 is 0 Å². The van der Waals surface area contributed by atoms with Crippen LogP contribution in [0.3, 0.4) is 0 Å². The molecule has 0 saturated heterocycles. The van der Waals surface area contributed by atoms with Crippen molar-refractivity contribution in [2.24, 2.45) is 0 Å². The molecule has 0 atom stereocenters. The van der Waals surface area contributed by atoms with E-state index in [1.54, 1.807) is 36.1 Å². The highest BCUT2D eigenvalue weighted by Crippen LogP contribution is 2.29. The topological polar surface area (TPSA) is 52.8 Å². The maximum atomic E-state index is 5.97. The van der Waals surface area contributed by atoms with Gasteiger partial charge in [0.15, 0.2) is 5.65 Å². The summed E-state index contributed by atoms with van der Waals surface area (Å²) in [7, 11) is 1.67. The van der Waals surface area contributed by atoms with Gasteiger partial charge in [0.1, 0.15) is 17.1 Å². The first-order chi connectivity index (χ1) is 12.7. The molecule has 7 heteroatoms. The second-order valence-electron chi connectivity index (χ2n) is 5.59. The zero-order valence-electron chi connectivity index (χ0n) is 14.0. The molecule has 0 amide bonds. The fourth-order valence-corrected chi connectivity index (χ4v) is 3.65. The first-order valence-corrected chi connectivity index (χ1v) is 9.31. The molecule has 0 saturated carbocycles. The number of rotatable bonds is 5. The predicted molar refractivity (Wildman–Crippen MR) is 104 cm³/mol. The van der Waals surface area contributed by atoms with Crippen molar-refractivity contribution in [2.75, 3.05) is 7.11 Å². The summed E-state index contributed by atoms with van der Waals surface area (Å²) >= 11 is 7.62. The zero-order chi connectivity index (χ0) is 17.9. The van der Waals surface area contributed by atoms with Gasteiger partial charge in [-0.2, -0.15) is 5.10 Å². The van der Waals surface area contributed by atoms with E-state index >= 15 is 0 Å². The molecule has 130 valence electrons. The van der Waals surface area contributed by atoms with Crippen LogP contribution in [0, 0.1) is 0 Å². The van der Waals surface area contributed by atoms with E-state index in [2.05, 4.69) is 21.1 Å². The highest BCUT2D eigenvalue weighted by Gasteiger charge is 2.12. The Balaban J connectivity index is 1.63. The maximum Gasteiger partial charge on any atom is 0.167 e. The van der Waals surface area contributed by atoms with Crippen LogP contribution in [0.4, 0.5) is 0 Å². The highest BCUT2D eigenvalue weighted by molar-refractivity contribution is 7.98. The molecule has 2 aromatic heterocycles. The Bertz CT molecular complexity index is 1050. The molecule has 0 aliphatic heterocycles. The molecule has 2 heterocycles. The van der Waals surface area contributed by atoms with Gasteiger partial charge in [0, 0.05) is 10.8 Å². The van der Waals surface area contributed by atoms with Crippen molar-refractivity contribution in [3.63, 3.8) is 0 Å². The number of fused-ring (bicyclic) bond motifs is 1. The molecule has 0 unspecified atom stereocenters. The van der Waals surface area contributed by atoms with Crippen molar-refractivity contribution in [3.05, 3.63) is 71.6 Å². The second-order valence-corrected chi connectivity index (χ2v) is 6.99. The largest absolute Gasteiger partial charge is 0.497 e. The van der Waals surface area contributed by atoms with Crippen molar-refractivity contribution in [3.8, 4) is 11.4 Å². The standard InChI is InChI=1S/C19H15ClN4OS/c1-25-16-4-2-3-13(9-16)11-26-19-17-10-23-24(18(17)21-12-22-19)15-7-5-14(20)6-8-15/h2-10,12H,11H2,1H3. The molecule has 0 radical (unpaired) electrons.